The quantitative estimate of drug-likeness (QED) is 0.535. The van der Waals surface area contributed by atoms with Crippen molar-refractivity contribution in [1.82, 2.24) is 9.62 Å². The van der Waals surface area contributed by atoms with Crippen LogP contribution in [0.25, 0.3) is 0 Å². The predicted molar refractivity (Wildman–Crippen MR) is 105 cm³/mol. The Kier molecular flexibility index (Phi) is 6.28. The van der Waals surface area contributed by atoms with Crippen molar-refractivity contribution in [3.8, 4) is 5.75 Å². The van der Waals surface area contributed by atoms with Crippen molar-refractivity contribution in [2.24, 2.45) is 0 Å². The number of nitrogens with one attached hydrogen (secondary N) is 1. The Morgan fingerprint density at radius 2 is 1.86 bits per heavy atom. The van der Waals surface area contributed by atoms with Crippen molar-refractivity contribution >= 4 is 15.7 Å². The number of likely N-dealkylation sites (tertiary alicyclic amines) is 1. The van der Waals surface area contributed by atoms with E-state index in [0.717, 1.165) is 25.1 Å². The van der Waals surface area contributed by atoms with Gasteiger partial charge in [0.2, 0.25) is 10.0 Å². The summed E-state index contributed by atoms with van der Waals surface area (Å²) in [4.78, 5) is 12.4. The van der Waals surface area contributed by atoms with Gasteiger partial charge in [-0.15, -0.1) is 0 Å². The predicted octanol–water partition coefficient (Wildman–Crippen LogP) is 2.72. The van der Waals surface area contributed by atoms with Gasteiger partial charge in [-0.3, -0.25) is 15.0 Å². The lowest BCUT2D eigenvalue weighted by molar-refractivity contribution is -0.384. The topological polar surface area (TPSA) is 102 Å². The summed E-state index contributed by atoms with van der Waals surface area (Å²) in [5.41, 5.74) is 1.05. The van der Waals surface area contributed by atoms with Crippen LogP contribution in [0.4, 0.5) is 5.69 Å². The van der Waals surface area contributed by atoms with Crippen molar-refractivity contribution in [2.75, 3.05) is 26.7 Å². The molecule has 28 heavy (non-hydrogen) atoms. The molecule has 0 amide bonds. The summed E-state index contributed by atoms with van der Waals surface area (Å²) >= 11 is 0. The summed E-state index contributed by atoms with van der Waals surface area (Å²) in [5.74, 6) is 0.809. The van der Waals surface area contributed by atoms with E-state index >= 15 is 0 Å². The first-order valence-electron chi connectivity index (χ1n) is 9.03. The highest BCUT2D eigenvalue weighted by Gasteiger charge is 2.26. The average molecular weight is 405 g/mol. The van der Waals surface area contributed by atoms with Gasteiger partial charge in [0.1, 0.15) is 5.75 Å². The molecule has 150 valence electrons. The van der Waals surface area contributed by atoms with Crippen molar-refractivity contribution in [3.05, 3.63) is 64.2 Å². The number of hydrogen-bond donors (Lipinski definition) is 1. The van der Waals surface area contributed by atoms with Crippen LogP contribution in [-0.2, 0) is 10.0 Å². The minimum Gasteiger partial charge on any atom is -0.497 e. The number of sulfonamides is 1. The van der Waals surface area contributed by atoms with Gasteiger partial charge in [0.25, 0.3) is 5.69 Å². The second kappa shape index (κ2) is 8.68. The van der Waals surface area contributed by atoms with E-state index < -0.39 is 14.9 Å². The zero-order valence-corrected chi connectivity index (χ0v) is 16.4. The van der Waals surface area contributed by atoms with E-state index in [9.17, 15) is 18.5 Å². The molecular formula is C19H23N3O5S. The molecular weight excluding hydrogens is 382 g/mol. The Bertz CT molecular complexity index is 914. The summed E-state index contributed by atoms with van der Waals surface area (Å²) in [5, 5.41) is 10.7. The number of ether oxygens (including phenoxy) is 1. The average Bonchev–Trinajstić information content (AvgIpc) is 3.16. The molecule has 0 spiro atoms. The second-order valence-electron chi connectivity index (χ2n) is 6.62. The third kappa shape index (κ3) is 4.67. The minimum absolute atomic E-state index is 0.0197. The smallest absolute Gasteiger partial charge is 0.269 e. The number of nitrogens with zero attached hydrogens (tertiary/aromatic N) is 2. The highest BCUT2D eigenvalue weighted by atomic mass is 32.2. The van der Waals surface area contributed by atoms with Gasteiger partial charge in [-0.2, -0.15) is 0 Å². The van der Waals surface area contributed by atoms with Crippen LogP contribution in [0.5, 0.6) is 5.75 Å². The van der Waals surface area contributed by atoms with Crippen molar-refractivity contribution in [2.45, 2.75) is 23.8 Å². The molecule has 0 radical (unpaired) electrons. The van der Waals surface area contributed by atoms with Gasteiger partial charge >= 0.3 is 0 Å². The largest absolute Gasteiger partial charge is 0.497 e. The van der Waals surface area contributed by atoms with Crippen LogP contribution < -0.4 is 9.46 Å². The third-order valence-electron chi connectivity index (χ3n) is 4.91. The van der Waals surface area contributed by atoms with Gasteiger partial charge in [0, 0.05) is 31.3 Å². The van der Waals surface area contributed by atoms with E-state index in [1.54, 1.807) is 7.11 Å². The number of rotatable bonds is 8. The fraction of sp³-hybridized carbons (Fsp3) is 0.368. The highest BCUT2D eigenvalue weighted by Crippen LogP contribution is 2.32. The van der Waals surface area contributed by atoms with Crippen LogP contribution in [0.3, 0.4) is 0 Å². The Balaban J connectivity index is 1.58. The van der Waals surface area contributed by atoms with Gasteiger partial charge in [0.05, 0.1) is 16.9 Å². The fourth-order valence-electron chi connectivity index (χ4n) is 3.45. The normalized spacial score (nSPS) is 17.5. The first kappa shape index (κ1) is 20.2. The molecule has 2 aromatic carbocycles. The van der Waals surface area contributed by atoms with E-state index in [0.29, 0.717) is 6.54 Å². The van der Waals surface area contributed by atoms with Crippen LogP contribution in [-0.4, -0.2) is 45.0 Å². The summed E-state index contributed by atoms with van der Waals surface area (Å²) in [6.07, 6.45) is 2.09. The lowest BCUT2D eigenvalue weighted by Gasteiger charge is -2.25. The summed E-state index contributed by atoms with van der Waals surface area (Å²) in [7, 11) is -2.07. The standard InChI is InChI=1S/C19H23N3O5S/c1-27-17-8-4-15(5-9-17)19-3-2-13-21(19)14-12-20-28(25,26)18-10-6-16(7-11-18)22(23)24/h4-11,19-20H,2-3,12-14H2,1H3. The zero-order chi connectivity index (χ0) is 20.1. The number of methoxy groups -OCH3 is 1. The minimum atomic E-state index is -3.70. The summed E-state index contributed by atoms with van der Waals surface area (Å²) < 4.78 is 32.6. The van der Waals surface area contributed by atoms with Gasteiger partial charge in [0.15, 0.2) is 0 Å². The monoisotopic (exact) mass is 405 g/mol. The maximum atomic E-state index is 12.4. The number of benzene rings is 2. The molecule has 1 heterocycles. The molecule has 0 aliphatic carbocycles. The van der Waals surface area contributed by atoms with Crippen molar-refractivity contribution in [1.29, 1.82) is 0 Å². The maximum absolute atomic E-state index is 12.4. The molecule has 1 N–H and O–H groups in total. The molecule has 0 aromatic heterocycles. The van der Waals surface area contributed by atoms with E-state index in [4.69, 9.17) is 4.74 Å². The molecule has 0 bridgehead atoms. The van der Waals surface area contributed by atoms with E-state index in [1.165, 1.54) is 29.8 Å². The molecule has 3 rings (SSSR count). The number of hydrogen-bond acceptors (Lipinski definition) is 6. The van der Waals surface area contributed by atoms with Crippen LogP contribution >= 0.6 is 0 Å². The van der Waals surface area contributed by atoms with Crippen molar-refractivity contribution in [3.63, 3.8) is 0 Å². The second-order valence-corrected chi connectivity index (χ2v) is 8.38. The molecule has 1 aliphatic heterocycles. The third-order valence-corrected chi connectivity index (χ3v) is 6.39. The lowest BCUT2D eigenvalue weighted by atomic mass is 10.0. The Hall–Kier alpha value is -2.49. The van der Waals surface area contributed by atoms with Crippen LogP contribution in [0.1, 0.15) is 24.4 Å². The van der Waals surface area contributed by atoms with Crippen molar-refractivity contribution < 1.29 is 18.1 Å². The molecule has 0 saturated carbocycles. The first-order valence-corrected chi connectivity index (χ1v) is 10.5. The van der Waals surface area contributed by atoms with Crippen LogP contribution in [0.2, 0.25) is 0 Å². The Morgan fingerprint density at radius 3 is 2.46 bits per heavy atom. The number of nitro groups is 1. The van der Waals surface area contributed by atoms with E-state index in [1.807, 2.05) is 24.3 Å². The molecule has 1 atom stereocenters. The van der Waals surface area contributed by atoms with E-state index in [-0.39, 0.29) is 23.2 Å². The van der Waals surface area contributed by atoms with Gasteiger partial charge < -0.3 is 4.74 Å². The summed E-state index contributed by atoms with van der Waals surface area (Å²) in [6, 6.07) is 13.1. The van der Waals surface area contributed by atoms with Gasteiger partial charge in [-0.25, -0.2) is 13.1 Å². The fourth-order valence-corrected chi connectivity index (χ4v) is 4.47. The van der Waals surface area contributed by atoms with Crippen LogP contribution in [0, 0.1) is 10.1 Å². The summed E-state index contributed by atoms with van der Waals surface area (Å²) in [6.45, 7) is 1.77. The molecule has 9 heteroatoms. The highest BCUT2D eigenvalue weighted by molar-refractivity contribution is 7.89. The van der Waals surface area contributed by atoms with Crippen LogP contribution in [0.15, 0.2) is 53.4 Å². The molecule has 1 saturated heterocycles. The molecule has 8 nitrogen and oxygen atoms in total. The molecule has 1 unspecified atom stereocenters. The number of nitro benzene ring substituents is 1. The molecule has 1 aliphatic rings. The molecule has 1 fully saturated rings. The number of non-ortho nitro benzene ring substituents is 1. The van der Waals surface area contributed by atoms with E-state index in [2.05, 4.69) is 9.62 Å². The first-order chi connectivity index (χ1) is 13.4. The SMILES string of the molecule is COc1ccc(C2CCCN2CCNS(=O)(=O)c2ccc([N+](=O)[O-])cc2)cc1. The lowest BCUT2D eigenvalue weighted by Crippen LogP contribution is -2.34. The zero-order valence-electron chi connectivity index (χ0n) is 15.6. The Labute approximate surface area is 164 Å². The van der Waals surface area contributed by atoms with Gasteiger partial charge in [-0.1, -0.05) is 12.1 Å². The molecule has 2 aromatic rings. The maximum Gasteiger partial charge on any atom is 0.269 e. The Morgan fingerprint density at radius 1 is 1.18 bits per heavy atom. The van der Waals surface area contributed by atoms with Gasteiger partial charge in [-0.05, 0) is 49.2 Å².